The molecular formula is C18H28N4O. The molecule has 0 aliphatic rings. The lowest BCUT2D eigenvalue weighted by atomic mass is 10.1. The average molecular weight is 316 g/mol. The molecule has 5 heteroatoms. The monoisotopic (exact) mass is 316 g/mol. The number of aryl methyl sites for hydroxylation is 1. The van der Waals surface area contributed by atoms with Gasteiger partial charge in [0.2, 0.25) is 0 Å². The Morgan fingerprint density at radius 3 is 2.74 bits per heavy atom. The molecule has 0 unspecified atom stereocenters. The predicted octanol–water partition coefficient (Wildman–Crippen LogP) is 2.44. The summed E-state index contributed by atoms with van der Waals surface area (Å²) in [6, 6.07) is 8.53. The summed E-state index contributed by atoms with van der Waals surface area (Å²) in [5, 5.41) is 10.8. The summed E-state index contributed by atoms with van der Waals surface area (Å²) in [5.41, 5.74) is 4.77. The summed E-state index contributed by atoms with van der Waals surface area (Å²) < 4.78 is 5.08. The maximum atomic E-state index is 5.08. The van der Waals surface area contributed by atoms with Crippen molar-refractivity contribution in [1.29, 1.82) is 0 Å². The van der Waals surface area contributed by atoms with Gasteiger partial charge in [0, 0.05) is 25.8 Å². The Morgan fingerprint density at radius 2 is 2.00 bits per heavy atom. The van der Waals surface area contributed by atoms with Crippen LogP contribution in [0.25, 0.3) is 11.3 Å². The fourth-order valence-corrected chi connectivity index (χ4v) is 2.47. The summed E-state index contributed by atoms with van der Waals surface area (Å²) in [5.74, 6) is 0. The van der Waals surface area contributed by atoms with Crippen LogP contribution in [0.3, 0.4) is 0 Å². The first kappa shape index (κ1) is 17.7. The van der Waals surface area contributed by atoms with Crippen LogP contribution in [0, 0.1) is 6.92 Å². The number of ether oxygens (including phenoxy) is 1. The minimum atomic E-state index is 0.791. The van der Waals surface area contributed by atoms with E-state index in [0.29, 0.717) is 0 Å². The third-order valence-corrected chi connectivity index (χ3v) is 3.94. The van der Waals surface area contributed by atoms with Gasteiger partial charge in [0.15, 0.2) is 0 Å². The van der Waals surface area contributed by atoms with Crippen LogP contribution >= 0.6 is 0 Å². The van der Waals surface area contributed by atoms with E-state index in [1.165, 1.54) is 16.7 Å². The van der Waals surface area contributed by atoms with Crippen molar-refractivity contribution < 1.29 is 4.74 Å². The second kappa shape index (κ2) is 9.45. The van der Waals surface area contributed by atoms with Gasteiger partial charge < -0.3 is 15.0 Å². The number of nitrogens with one attached hydrogen (secondary N) is 2. The summed E-state index contributed by atoms with van der Waals surface area (Å²) in [4.78, 5) is 2.29. The van der Waals surface area contributed by atoms with E-state index < -0.39 is 0 Å². The van der Waals surface area contributed by atoms with Gasteiger partial charge in [0.25, 0.3) is 0 Å². The number of aromatic nitrogens is 2. The van der Waals surface area contributed by atoms with E-state index in [-0.39, 0.29) is 0 Å². The lowest BCUT2D eigenvalue weighted by molar-refractivity contribution is 0.160. The molecule has 0 radical (unpaired) electrons. The Morgan fingerprint density at radius 1 is 1.22 bits per heavy atom. The average Bonchev–Trinajstić information content (AvgIpc) is 3.02. The first-order valence-corrected chi connectivity index (χ1v) is 8.18. The van der Waals surface area contributed by atoms with Crippen LogP contribution in [0.2, 0.25) is 0 Å². The van der Waals surface area contributed by atoms with Crippen molar-refractivity contribution in [3.63, 3.8) is 0 Å². The summed E-state index contributed by atoms with van der Waals surface area (Å²) in [6.07, 6.45) is 3.03. The molecule has 0 bridgehead atoms. The Bertz CT molecular complexity index is 565. The van der Waals surface area contributed by atoms with Crippen LogP contribution in [0.1, 0.15) is 17.5 Å². The predicted molar refractivity (Wildman–Crippen MR) is 94.5 cm³/mol. The van der Waals surface area contributed by atoms with E-state index in [0.717, 1.165) is 44.9 Å². The van der Waals surface area contributed by atoms with Gasteiger partial charge in [0.1, 0.15) is 0 Å². The van der Waals surface area contributed by atoms with E-state index in [2.05, 4.69) is 58.7 Å². The number of rotatable bonds is 10. The molecule has 0 saturated carbocycles. The maximum Gasteiger partial charge on any atom is 0.0695 e. The fourth-order valence-electron chi connectivity index (χ4n) is 2.47. The minimum absolute atomic E-state index is 0.791. The minimum Gasteiger partial charge on any atom is -0.383 e. The van der Waals surface area contributed by atoms with Gasteiger partial charge in [0.05, 0.1) is 18.5 Å². The molecule has 2 N–H and O–H groups in total. The molecule has 126 valence electrons. The van der Waals surface area contributed by atoms with Crippen molar-refractivity contribution in [2.75, 3.05) is 40.4 Å². The highest BCUT2D eigenvalue weighted by atomic mass is 16.5. The quantitative estimate of drug-likeness (QED) is 0.661. The zero-order chi connectivity index (χ0) is 16.5. The normalized spacial score (nSPS) is 11.3. The van der Waals surface area contributed by atoms with Gasteiger partial charge in [-0.3, -0.25) is 5.10 Å². The highest BCUT2D eigenvalue weighted by Crippen LogP contribution is 2.21. The van der Waals surface area contributed by atoms with Crippen LogP contribution in [-0.4, -0.2) is 55.5 Å². The number of hydrogen-bond acceptors (Lipinski definition) is 4. The molecule has 0 amide bonds. The van der Waals surface area contributed by atoms with E-state index in [9.17, 15) is 0 Å². The Labute approximate surface area is 139 Å². The van der Waals surface area contributed by atoms with Gasteiger partial charge >= 0.3 is 0 Å². The topological polar surface area (TPSA) is 53.2 Å². The third-order valence-electron chi connectivity index (χ3n) is 3.94. The molecule has 1 aromatic heterocycles. The Hall–Kier alpha value is -1.69. The van der Waals surface area contributed by atoms with Gasteiger partial charge in [-0.25, -0.2) is 0 Å². The molecule has 2 aromatic rings. The van der Waals surface area contributed by atoms with Gasteiger partial charge in [-0.15, -0.1) is 0 Å². The van der Waals surface area contributed by atoms with E-state index in [1.54, 1.807) is 7.11 Å². The first-order valence-electron chi connectivity index (χ1n) is 8.18. The largest absolute Gasteiger partial charge is 0.383 e. The molecule has 0 saturated heterocycles. The highest BCUT2D eigenvalue weighted by molar-refractivity contribution is 5.62. The molecule has 0 spiro atoms. The number of H-pyrrole nitrogens is 1. The van der Waals surface area contributed by atoms with Crippen molar-refractivity contribution in [3.05, 3.63) is 41.6 Å². The van der Waals surface area contributed by atoms with Crippen molar-refractivity contribution in [1.82, 2.24) is 20.4 Å². The van der Waals surface area contributed by atoms with Gasteiger partial charge in [-0.2, -0.15) is 5.10 Å². The molecule has 0 fully saturated rings. The van der Waals surface area contributed by atoms with Crippen LogP contribution in [0.5, 0.6) is 0 Å². The van der Waals surface area contributed by atoms with Crippen LogP contribution < -0.4 is 5.32 Å². The molecule has 0 atom stereocenters. The van der Waals surface area contributed by atoms with Crippen molar-refractivity contribution in [2.24, 2.45) is 0 Å². The lowest BCUT2D eigenvalue weighted by Crippen LogP contribution is -2.26. The fraction of sp³-hybridized carbons (Fsp3) is 0.500. The zero-order valence-electron chi connectivity index (χ0n) is 14.4. The third kappa shape index (κ3) is 5.78. The molecule has 2 rings (SSSR count). The molecule has 0 aliphatic carbocycles. The van der Waals surface area contributed by atoms with Crippen LogP contribution in [0.4, 0.5) is 0 Å². The van der Waals surface area contributed by atoms with Crippen LogP contribution in [-0.2, 0) is 11.3 Å². The number of aromatic amines is 1. The molecule has 23 heavy (non-hydrogen) atoms. The molecule has 0 aliphatic heterocycles. The van der Waals surface area contributed by atoms with Crippen molar-refractivity contribution >= 4 is 0 Å². The van der Waals surface area contributed by atoms with Crippen molar-refractivity contribution in [3.8, 4) is 11.3 Å². The summed E-state index contributed by atoms with van der Waals surface area (Å²) >= 11 is 0. The smallest absolute Gasteiger partial charge is 0.0695 e. The number of likely N-dealkylation sites (N-methyl/N-ethyl adjacent to an activating group) is 1. The summed E-state index contributed by atoms with van der Waals surface area (Å²) in [6.45, 7) is 6.78. The van der Waals surface area contributed by atoms with Gasteiger partial charge in [-0.1, -0.05) is 29.8 Å². The molecule has 1 aromatic carbocycles. The van der Waals surface area contributed by atoms with E-state index in [4.69, 9.17) is 4.74 Å². The number of benzene rings is 1. The molecular weight excluding hydrogens is 288 g/mol. The SMILES string of the molecule is COCCN(C)CCCNCc1cn[nH]c1-c1ccc(C)cc1. The molecule has 1 heterocycles. The highest BCUT2D eigenvalue weighted by Gasteiger charge is 2.07. The van der Waals surface area contributed by atoms with E-state index in [1.807, 2.05) is 6.20 Å². The first-order chi connectivity index (χ1) is 11.2. The Kier molecular flexibility index (Phi) is 7.26. The second-order valence-electron chi connectivity index (χ2n) is 5.96. The molecule has 5 nitrogen and oxygen atoms in total. The standard InChI is InChI=1S/C18H28N4O/c1-15-5-7-16(8-6-15)18-17(14-20-21-18)13-19-9-4-10-22(2)11-12-23-3/h5-8,14,19H,4,9-13H2,1-3H3,(H,20,21). The number of methoxy groups -OCH3 is 1. The number of hydrogen-bond donors (Lipinski definition) is 2. The Balaban J connectivity index is 1.75. The van der Waals surface area contributed by atoms with E-state index >= 15 is 0 Å². The lowest BCUT2D eigenvalue weighted by Gasteiger charge is -2.15. The summed E-state index contributed by atoms with van der Waals surface area (Å²) in [7, 11) is 3.87. The van der Waals surface area contributed by atoms with Gasteiger partial charge in [-0.05, 0) is 39.0 Å². The zero-order valence-corrected chi connectivity index (χ0v) is 14.4. The maximum absolute atomic E-state index is 5.08. The second-order valence-corrected chi connectivity index (χ2v) is 5.96. The number of nitrogens with zero attached hydrogens (tertiary/aromatic N) is 2. The van der Waals surface area contributed by atoms with Crippen LogP contribution in [0.15, 0.2) is 30.5 Å². The van der Waals surface area contributed by atoms with Crippen molar-refractivity contribution in [2.45, 2.75) is 19.9 Å².